The van der Waals surface area contributed by atoms with Gasteiger partial charge in [0.15, 0.2) is 5.82 Å². The molecule has 0 saturated carbocycles. The number of alkyl halides is 1. The van der Waals surface area contributed by atoms with Crippen LogP contribution >= 0.6 is 11.6 Å². The number of hydrogen-bond donors (Lipinski definition) is 1. The molecule has 0 aliphatic carbocycles. The van der Waals surface area contributed by atoms with Crippen LogP contribution in [-0.4, -0.2) is 63.0 Å². The highest BCUT2D eigenvalue weighted by atomic mass is 35.5. The maximum absolute atomic E-state index is 13.7. The average molecular weight is 366 g/mol. The molecule has 2 aliphatic heterocycles. The minimum absolute atomic E-state index is 0.340. The summed E-state index contributed by atoms with van der Waals surface area (Å²) in [6.07, 6.45) is 7.41. The zero-order valence-corrected chi connectivity index (χ0v) is 14.9. The summed E-state index contributed by atoms with van der Waals surface area (Å²) in [6.45, 7) is 2.82. The standard InChI is InChI=1S/C16H21ClFN7/c1-23-8-12(6-20-23)21-15-19-7-13(17)14(22-15)24-10-16(9-18,11-24)25-4-2-3-5-25/h6-8H,2-5,9-11H2,1H3,(H,19,21,22). The van der Waals surface area contributed by atoms with Gasteiger partial charge in [0.1, 0.15) is 11.7 Å². The van der Waals surface area contributed by atoms with Crippen LogP contribution in [0, 0.1) is 0 Å². The van der Waals surface area contributed by atoms with E-state index < -0.39 is 0 Å². The van der Waals surface area contributed by atoms with Gasteiger partial charge in [-0.2, -0.15) is 10.1 Å². The molecule has 9 heteroatoms. The fourth-order valence-corrected chi connectivity index (χ4v) is 3.84. The SMILES string of the molecule is Cn1cc(Nc2ncc(Cl)c(N3CC(CF)(N4CCCC4)C3)n2)cn1. The second-order valence-electron chi connectivity index (χ2n) is 6.80. The molecule has 4 rings (SSSR count). The minimum atomic E-state index is -0.387. The van der Waals surface area contributed by atoms with Gasteiger partial charge in [0.25, 0.3) is 0 Å². The van der Waals surface area contributed by atoms with E-state index in [1.54, 1.807) is 17.1 Å². The summed E-state index contributed by atoms with van der Waals surface area (Å²) < 4.78 is 15.4. The monoisotopic (exact) mass is 365 g/mol. The lowest BCUT2D eigenvalue weighted by Crippen LogP contribution is -2.71. The molecule has 0 atom stereocenters. The quantitative estimate of drug-likeness (QED) is 0.876. The Labute approximate surface area is 150 Å². The van der Waals surface area contributed by atoms with E-state index in [2.05, 4.69) is 25.3 Å². The molecular weight excluding hydrogens is 345 g/mol. The van der Waals surface area contributed by atoms with Crippen LogP contribution in [0.25, 0.3) is 0 Å². The van der Waals surface area contributed by atoms with Gasteiger partial charge in [0, 0.05) is 26.3 Å². The highest BCUT2D eigenvalue weighted by Gasteiger charge is 2.49. The minimum Gasteiger partial charge on any atom is -0.351 e. The summed E-state index contributed by atoms with van der Waals surface area (Å²) in [7, 11) is 1.84. The lowest BCUT2D eigenvalue weighted by molar-refractivity contribution is 0.0555. The van der Waals surface area contributed by atoms with Gasteiger partial charge in [-0.15, -0.1) is 0 Å². The van der Waals surface area contributed by atoms with Crippen molar-refractivity contribution in [2.75, 3.05) is 43.1 Å². The average Bonchev–Trinajstić information content (AvgIpc) is 3.22. The first-order chi connectivity index (χ1) is 12.1. The van der Waals surface area contributed by atoms with Gasteiger partial charge < -0.3 is 10.2 Å². The van der Waals surface area contributed by atoms with Gasteiger partial charge in [-0.3, -0.25) is 9.58 Å². The van der Waals surface area contributed by atoms with Gasteiger partial charge in [-0.1, -0.05) is 11.6 Å². The van der Waals surface area contributed by atoms with Crippen molar-refractivity contribution in [2.45, 2.75) is 18.4 Å². The number of rotatable bonds is 5. The van der Waals surface area contributed by atoms with Crippen LogP contribution in [-0.2, 0) is 7.05 Å². The number of aryl methyl sites for hydroxylation is 1. The van der Waals surface area contributed by atoms with Crippen molar-refractivity contribution < 1.29 is 4.39 Å². The molecule has 0 amide bonds. The molecule has 0 radical (unpaired) electrons. The van der Waals surface area contributed by atoms with E-state index in [1.807, 2.05) is 18.1 Å². The number of nitrogens with zero attached hydrogens (tertiary/aromatic N) is 6. The first kappa shape index (κ1) is 16.5. The lowest BCUT2D eigenvalue weighted by atomic mass is 9.89. The Bertz CT molecular complexity index is 753. The van der Waals surface area contributed by atoms with E-state index in [0.29, 0.717) is 29.9 Å². The van der Waals surface area contributed by atoms with Crippen LogP contribution in [0.3, 0.4) is 0 Å². The molecule has 0 unspecified atom stereocenters. The molecule has 7 nitrogen and oxygen atoms in total. The molecule has 2 aromatic rings. The summed E-state index contributed by atoms with van der Waals surface area (Å²) >= 11 is 6.29. The van der Waals surface area contributed by atoms with Crippen molar-refractivity contribution in [3.05, 3.63) is 23.6 Å². The van der Waals surface area contributed by atoms with Crippen molar-refractivity contribution in [1.82, 2.24) is 24.6 Å². The fraction of sp³-hybridized carbons (Fsp3) is 0.562. The Morgan fingerprint density at radius 3 is 2.68 bits per heavy atom. The summed E-state index contributed by atoms with van der Waals surface area (Å²) in [6, 6.07) is 0. The van der Waals surface area contributed by atoms with Crippen LogP contribution in [0.4, 0.5) is 21.8 Å². The van der Waals surface area contributed by atoms with E-state index in [1.165, 1.54) is 0 Å². The van der Waals surface area contributed by atoms with Crippen LogP contribution in [0.1, 0.15) is 12.8 Å². The van der Waals surface area contributed by atoms with Crippen LogP contribution in [0.5, 0.6) is 0 Å². The summed E-state index contributed by atoms with van der Waals surface area (Å²) in [5.74, 6) is 1.10. The van der Waals surface area contributed by atoms with E-state index in [-0.39, 0.29) is 12.2 Å². The van der Waals surface area contributed by atoms with Crippen LogP contribution in [0.15, 0.2) is 18.6 Å². The number of anilines is 3. The third-order valence-electron chi connectivity index (χ3n) is 4.98. The Morgan fingerprint density at radius 1 is 1.28 bits per heavy atom. The zero-order chi connectivity index (χ0) is 17.4. The van der Waals surface area contributed by atoms with Gasteiger partial charge in [-0.25, -0.2) is 9.37 Å². The second kappa shape index (κ2) is 6.42. The van der Waals surface area contributed by atoms with E-state index in [9.17, 15) is 4.39 Å². The van der Waals surface area contributed by atoms with Gasteiger partial charge in [0.05, 0.1) is 23.6 Å². The molecule has 2 saturated heterocycles. The molecule has 0 spiro atoms. The van der Waals surface area contributed by atoms with Crippen molar-refractivity contribution >= 4 is 29.1 Å². The van der Waals surface area contributed by atoms with Gasteiger partial charge >= 0.3 is 0 Å². The van der Waals surface area contributed by atoms with E-state index in [4.69, 9.17) is 11.6 Å². The Balaban J connectivity index is 1.50. The lowest BCUT2D eigenvalue weighted by Gasteiger charge is -2.54. The van der Waals surface area contributed by atoms with E-state index >= 15 is 0 Å². The normalized spacial score (nSPS) is 19.9. The first-order valence-electron chi connectivity index (χ1n) is 8.44. The van der Waals surface area contributed by atoms with Crippen molar-refractivity contribution in [3.8, 4) is 0 Å². The van der Waals surface area contributed by atoms with Crippen LogP contribution < -0.4 is 10.2 Å². The van der Waals surface area contributed by atoms with Crippen LogP contribution in [0.2, 0.25) is 5.02 Å². The fourth-order valence-electron chi connectivity index (χ4n) is 3.63. The first-order valence-corrected chi connectivity index (χ1v) is 8.82. The topological polar surface area (TPSA) is 62.1 Å². The molecule has 1 N–H and O–H groups in total. The van der Waals surface area contributed by atoms with Gasteiger partial charge in [-0.05, 0) is 25.9 Å². The Hall–Kier alpha value is -1.93. The highest BCUT2D eigenvalue weighted by molar-refractivity contribution is 6.32. The Morgan fingerprint density at radius 2 is 2.04 bits per heavy atom. The van der Waals surface area contributed by atoms with Crippen molar-refractivity contribution in [1.29, 1.82) is 0 Å². The number of nitrogens with one attached hydrogen (secondary N) is 1. The predicted molar refractivity (Wildman–Crippen MR) is 95.3 cm³/mol. The number of hydrogen-bond acceptors (Lipinski definition) is 6. The maximum Gasteiger partial charge on any atom is 0.229 e. The third kappa shape index (κ3) is 3.04. The van der Waals surface area contributed by atoms with Crippen molar-refractivity contribution in [3.63, 3.8) is 0 Å². The van der Waals surface area contributed by atoms with Crippen molar-refractivity contribution in [2.24, 2.45) is 7.05 Å². The molecular formula is C16H21ClFN7. The third-order valence-corrected chi connectivity index (χ3v) is 5.25. The summed E-state index contributed by atoms with van der Waals surface area (Å²) in [5.41, 5.74) is 0.413. The maximum atomic E-state index is 13.7. The number of likely N-dealkylation sites (tertiary alicyclic amines) is 1. The summed E-state index contributed by atoms with van der Waals surface area (Å²) in [4.78, 5) is 13.0. The molecule has 2 fully saturated rings. The number of halogens is 2. The number of aromatic nitrogens is 4. The highest BCUT2D eigenvalue weighted by Crippen LogP contribution is 2.37. The molecule has 0 bridgehead atoms. The van der Waals surface area contributed by atoms with Gasteiger partial charge in [0.2, 0.25) is 5.95 Å². The molecule has 2 aromatic heterocycles. The van der Waals surface area contributed by atoms with E-state index in [0.717, 1.165) is 31.6 Å². The molecule has 134 valence electrons. The largest absolute Gasteiger partial charge is 0.351 e. The molecule has 25 heavy (non-hydrogen) atoms. The summed E-state index contributed by atoms with van der Waals surface area (Å²) in [5, 5.41) is 7.69. The zero-order valence-electron chi connectivity index (χ0n) is 14.1. The molecule has 2 aliphatic rings. The molecule has 0 aromatic carbocycles. The Kier molecular flexibility index (Phi) is 4.24. The predicted octanol–water partition coefficient (Wildman–Crippen LogP) is 2.23. The second-order valence-corrected chi connectivity index (χ2v) is 7.21. The molecule has 4 heterocycles. The smallest absolute Gasteiger partial charge is 0.229 e.